The number of halogens is 1. The molecule has 1 atom stereocenters. The molecule has 0 spiro atoms. The van der Waals surface area contributed by atoms with Crippen LogP contribution >= 0.6 is 24.0 Å². The second-order valence-corrected chi connectivity index (χ2v) is 7.54. The van der Waals surface area contributed by atoms with Crippen molar-refractivity contribution in [1.82, 2.24) is 20.8 Å². The lowest BCUT2D eigenvalue weighted by Gasteiger charge is -2.18. The van der Waals surface area contributed by atoms with Crippen molar-refractivity contribution in [2.75, 3.05) is 13.1 Å². The fourth-order valence-electron chi connectivity index (χ4n) is 2.30. The minimum Gasteiger partial charge on any atom is -0.489 e. The summed E-state index contributed by atoms with van der Waals surface area (Å²) < 4.78 is 11.3. The third-order valence-corrected chi connectivity index (χ3v) is 3.81. The van der Waals surface area contributed by atoms with E-state index in [2.05, 4.69) is 25.8 Å². The molecule has 0 saturated carbocycles. The molecule has 8 heteroatoms. The van der Waals surface area contributed by atoms with Crippen LogP contribution in [0, 0.1) is 6.92 Å². The zero-order valence-corrected chi connectivity index (χ0v) is 19.9. The highest BCUT2D eigenvalue weighted by molar-refractivity contribution is 14.0. The molecule has 1 aromatic carbocycles. The first-order valence-corrected chi connectivity index (χ1v) is 9.37. The van der Waals surface area contributed by atoms with Gasteiger partial charge in [-0.1, -0.05) is 44.1 Å². The fourth-order valence-corrected chi connectivity index (χ4v) is 2.30. The molecule has 1 heterocycles. The first-order valence-electron chi connectivity index (χ1n) is 9.37. The molecule has 0 amide bonds. The van der Waals surface area contributed by atoms with E-state index in [1.54, 1.807) is 0 Å². The molecule has 0 bridgehead atoms. The van der Waals surface area contributed by atoms with Crippen molar-refractivity contribution in [3.63, 3.8) is 0 Å². The average Bonchev–Trinajstić information content (AvgIpc) is 3.09. The zero-order valence-electron chi connectivity index (χ0n) is 17.6. The standard InChI is InChI=1S/C20H31N5O2.HI/c1-7-21-19(23-13-17-24-18(27-25-17)20(4,5)6)22-12-15(3)26-16-11-9-8-10-14(16)2;/h8-11,15H,7,12-13H2,1-6H3,(H2,21,22,23);1H. The molecule has 0 aliphatic heterocycles. The number of ether oxygens (including phenoxy) is 1. The van der Waals surface area contributed by atoms with Gasteiger partial charge in [-0.25, -0.2) is 4.99 Å². The molecule has 2 rings (SSSR count). The second kappa shape index (κ2) is 11.2. The van der Waals surface area contributed by atoms with Crippen LogP contribution in [0.1, 0.15) is 51.9 Å². The maximum absolute atomic E-state index is 5.99. The van der Waals surface area contributed by atoms with Gasteiger partial charge in [-0.15, -0.1) is 24.0 Å². The number of guanidine groups is 1. The molecule has 1 aromatic heterocycles. The molecule has 0 radical (unpaired) electrons. The Morgan fingerprint density at radius 2 is 1.96 bits per heavy atom. The van der Waals surface area contributed by atoms with Crippen LogP contribution in [0.25, 0.3) is 0 Å². The van der Waals surface area contributed by atoms with E-state index in [1.807, 2.05) is 65.8 Å². The molecule has 7 nitrogen and oxygen atoms in total. The molecule has 0 fully saturated rings. The summed E-state index contributed by atoms with van der Waals surface area (Å²) in [6.07, 6.45) is -0.00683. The van der Waals surface area contributed by atoms with E-state index >= 15 is 0 Å². The number of rotatable bonds is 7. The number of aromatic nitrogens is 2. The second-order valence-electron chi connectivity index (χ2n) is 7.54. The van der Waals surface area contributed by atoms with Gasteiger partial charge in [-0.05, 0) is 32.4 Å². The van der Waals surface area contributed by atoms with Gasteiger partial charge in [0.05, 0.1) is 6.54 Å². The maximum atomic E-state index is 5.99. The van der Waals surface area contributed by atoms with Crippen LogP contribution in [0.3, 0.4) is 0 Å². The maximum Gasteiger partial charge on any atom is 0.232 e. The van der Waals surface area contributed by atoms with Crippen molar-refractivity contribution in [2.24, 2.45) is 4.99 Å². The van der Waals surface area contributed by atoms with E-state index in [4.69, 9.17) is 9.26 Å². The van der Waals surface area contributed by atoms with Gasteiger partial charge in [0.1, 0.15) is 18.4 Å². The Bertz CT molecular complexity index is 755. The first kappa shape index (κ1) is 24.2. The molecule has 156 valence electrons. The molecule has 1 unspecified atom stereocenters. The first-order chi connectivity index (χ1) is 12.8. The molecule has 0 aliphatic carbocycles. The number of hydrogen-bond acceptors (Lipinski definition) is 5. The third kappa shape index (κ3) is 7.65. The number of aliphatic imine (C=N–C) groups is 1. The Morgan fingerprint density at radius 1 is 1.25 bits per heavy atom. The number of para-hydroxylation sites is 1. The third-order valence-electron chi connectivity index (χ3n) is 3.81. The summed E-state index contributed by atoms with van der Waals surface area (Å²) in [6, 6.07) is 8.00. The Morgan fingerprint density at radius 3 is 2.57 bits per heavy atom. The monoisotopic (exact) mass is 501 g/mol. The van der Waals surface area contributed by atoms with Crippen molar-refractivity contribution in [1.29, 1.82) is 0 Å². The highest BCUT2D eigenvalue weighted by Crippen LogP contribution is 2.20. The van der Waals surface area contributed by atoms with E-state index in [0.717, 1.165) is 17.9 Å². The largest absolute Gasteiger partial charge is 0.489 e. The minimum atomic E-state index is -0.167. The summed E-state index contributed by atoms with van der Waals surface area (Å²) in [6.45, 7) is 13.9. The topological polar surface area (TPSA) is 84.6 Å². The van der Waals surface area contributed by atoms with Crippen molar-refractivity contribution >= 4 is 29.9 Å². The van der Waals surface area contributed by atoms with Gasteiger partial charge in [0.25, 0.3) is 0 Å². The van der Waals surface area contributed by atoms with Crippen LogP contribution in [0.5, 0.6) is 5.75 Å². The molecule has 0 saturated heterocycles. The van der Waals surface area contributed by atoms with E-state index < -0.39 is 0 Å². The molecule has 0 aliphatic rings. The normalized spacial score (nSPS) is 12.9. The number of benzene rings is 1. The molecule has 2 N–H and O–H groups in total. The van der Waals surface area contributed by atoms with E-state index in [0.29, 0.717) is 30.8 Å². The smallest absolute Gasteiger partial charge is 0.232 e. The van der Waals surface area contributed by atoms with Gasteiger partial charge in [-0.2, -0.15) is 4.98 Å². The van der Waals surface area contributed by atoms with Crippen LogP contribution < -0.4 is 15.4 Å². The average molecular weight is 501 g/mol. The van der Waals surface area contributed by atoms with Crippen LogP contribution in [-0.2, 0) is 12.0 Å². The summed E-state index contributed by atoms with van der Waals surface area (Å²) in [7, 11) is 0. The summed E-state index contributed by atoms with van der Waals surface area (Å²) >= 11 is 0. The van der Waals surface area contributed by atoms with Crippen LogP contribution in [0.15, 0.2) is 33.8 Å². The van der Waals surface area contributed by atoms with E-state index in [9.17, 15) is 0 Å². The summed E-state index contributed by atoms with van der Waals surface area (Å²) in [5.41, 5.74) is 0.955. The van der Waals surface area contributed by atoms with Gasteiger partial charge < -0.3 is 19.9 Å². The number of hydrogen-bond donors (Lipinski definition) is 2. The molecular weight excluding hydrogens is 469 g/mol. The molecule has 28 heavy (non-hydrogen) atoms. The van der Waals surface area contributed by atoms with Crippen LogP contribution in [-0.4, -0.2) is 35.3 Å². The van der Waals surface area contributed by atoms with Crippen molar-refractivity contribution < 1.29 is 9.26 Å². The van der Waals surface area contributed by atoms with Crippen LogP contribution in [0.4, 0.5) is 0 Å². The number of nitrogens with one attached hydrogen (secondary N) is 2. The SMILES string of the molecule is CCNC(=NCc1noc(C(C)(C)C)n1)NCC(C)Oc1ccccc1C.I. The quantitative estimate of drug-likeness (QED) is 0.341. The lowest BCUT2D eigenvalue weighted by atomic mass is 9.97. The van der Waals surface area contributed by atoms with Crippen molar-refractivity contribution in [3.8, 4) is 5.75 Å². The lowest BCUT2D eigenvalue weighted by molar-refractivity contribution is 0.222. The zero-order chi connectivity index (χ0) is 19.9. The van der Waals surface area contributed by atoms with Gasteiger partial charge in [0.2, 0.25) is 5.89 Å². The van der Waals surface area contributed by atoms with Gasteiger partial charge in [0, 0.05) is 12.0 Å². The lowest BCUT2D eigenvalue weighted by Crippen LogP contribution is -2.41. The highest BCUT2D eigenvalue weighted by Gasteiger charge is 2.21. The summed E-state index contributed by atoms with van der Waals surface area (Å²) in [4.78, 5) is 8.94. The predicted molar refractivity (Wildman–Crippen MR) is 123 cm³/mol. The summed E-state index contributed by atoms with van der Waals surface area (Å²) in [5, 5.41) is 10.5. The number of aryl methyl sites for hydroxylation is 1. The Labute approximate surface area is 184 Å². The highest BCUT2D eigenvalue weighted by atomic mass is 127. The van der Waals surface area contributed by atoms with Gasteiger partial charge >= 0.3 is 0 Å². The van der Waals surface area contributed by atoms with Crippen molar-refractivity contribution in [3.05, 3.63) is 41.5 Å². The predicted octanol–water partition coefficient (Wildman–Crippen LogP) is 3.82. The Kier molecular flexibility index (Phi) is 9.71. The Hall–Kier alpha value is -1.84. The van der Waals surface area contributed by atoms with Crippen LogP contribution in [0.2, 0.25) is 0 Å². The van der Waals surface area contributed by atoms with E-state index in [1.165, 1.54) is 0 Å². The fraction of sp³-hybridized carbons (Fsp3) is 0.550. The molecular formula is C20H32IN5O2. The van der Waals surface area contributed by atoms with Gasteiger partial charge in [0.15, 0.2) is 11.8 Å². The molecule has 2 aromatic rings. The minimum absolute atomic E-state index is 0. The Balaban J connectivity index is 0.00000392. The number of nitrogens with zero attached hydrogens (tertiary/aromatic N) is 3. The van der Waals surface area contributed by atoms with Gasteiger partial charge in [-0.3, -0.25) is 0 Å². The van der Waals surface area contributed by atoms with Crippen molar-refractivity contribution in [2.45, 2.75) is 59.6 Å². The summed E-state index contributed by atoms with van der Waals surface area (Å²) in [5.74, 6) is 2.78. The van der Waals surface area contributed by atoms with E-state index in [-0.39, 0.29) is 35.5 Å².